The Balaban J connectivity index is 0.00000132. The van der Waals surface area contributed by atoms with Crippen LogP contribution in [0.3, 0.4) is 0 Å². The third-order valence-electron chi connectivity index (χ3n) is 3.55. The molecule has 6 heteroatoms. The van der Waals surface area contributed by atoms with Crippen LogP contribution >= 0.6 is 36.2 Å². The molecule has 0 spiro atoms. The number of hydrogen-bond acceptors (Lipinski definition) is 4. The van der Waals surface area contributed by atoms with Crippen LogP contribution in [0.25, 0.3) is 11.6 Å². The Morgan fingerprint density at radius 2 is 2.00 bits per heavy atom. The van der Waals surface area contributed by atoms with Crippen LogP contribution in [0.1, 0.15) is 17.7 Å². The van der Waals surface area contributed by atoms with Crippen molar-refractivity contribution in [2.45, 2.75) is 6.42 Å². The van der Waals surface area contributed by atoms with E-state index >= 15 is 0 Å². The van der Waals surface area contributed by atoms with Gasteiger partial charge in [-0.2, -0.15) is 0 Å². The van der Waals surface area contributed by atoms with E-state index in [0.29, 0.717) is 5.13 Å². The summed E-state index contributed by atoms with van der Waals surface area (Å²) < 4.78 is 0. The van der Waals surface area contributed by atoms with Crippen molar-refractivity contribution in [1.29, 1.82) is 0 Å². The molecule has 0 unspecified atom stereocenters. The summed E-state index contributed by atoms with van der Waals surface area (Å²) in [5.41, 5.74) is 9.30. The number of halogens is 2. The summed E-state index contributed by atoms with van der Waals surface area (Å²) in [5, 5.41) is 2.69. The lowest BCUT2D eigenvalue weighted by molar-refractivity contribution is 0.337. The number of thiazole rings is 1. The molecular weight excluding hydrogens is 349 g/mol. The molecule has 124 valence electrons. The van der Waals surface area contributed by atoms with Gasteiger partial charge in [0, 0.05) is 25.0 Å². The lowest BCUT2D eigenvalue weighted by Gasteiger charge is -2.25. The van der Waals surface area contributed by atoms with Gasteiger partial charge in [0.25, 0.3) is 0 Å². The average molecular weight is 370 g/mol. The van der Waals surface area contributed by atoms with E-state index in [1.807, 2.05) is 11.4 Å². The van der Waals surface area contributed by atoms with Crippen molar-refractivity contribution in [2.75, 3.05) is 25.4 Å². The van der Waals surface area contributed by atoms with Crippen molar-refractivity contribution in [2.24, 2.45) is 0 Å². The van der Waals surface area contributed by atoms with Crippen LogP contribution in [0.5, 0.6) is 0 Å². The number of nitrogens with zero attached hydrogens (tertiary/aromatic N) is 2. The summed E-state index contributed by atoms with van der Waals surface area (Å²) in [7, 11) is 0. The van der Waals surface area contributed by atoms with Crippen LogP contribution in [0.4, 0.5) is 5.13 Å². The Morgan fingerprint density at radius 1 is 1.22 bits per heavy atom. The fourth-order valence-electron chi connectivity index (χ4n) is 2.48. The Labute approximate surface area is 153 Å². The van der Waals surface area contributed by atoms with E-state index in [1.165, 1.54) is 22.5 Å². The molecule has 0 saturated heterocycles. The minimum Gasteiger partial charge on any atom is -0.375 e. The molecule has 1 aromatic carbocycles. The maximum Gasteiger partial charge on any atom is 0.180 e. The van der Waals surface area contributed by atoms with Crippen molar-refractivity contribution in [1.82, 2.24) is 9.88 Å². The Hall–Kier alpha value is -1.33. The van der Waals surface area contributed by atoms with Gasteiger partial charge in [0.2, 0.25) is 0 Å². The number of nitrogen functional groups attached to an aromatic ring is 1. The minimum absolute atomic E-state index is 0. The van der Waals surface area contributed by atoms with E-state index in [0.717, 1.165) is 31.7 Å². The summed E-state index contributed by atoms with van der Waals surface area (Å²) in [6.07, 6.45) is 7.77. The predicted molar refractivity (Wildman–Crippen MR) is 106 cm³/mol. The molecule has 2 N–H and O–H groups in total. The molecule has 0 radical (unpaired) electrons. The van der Waals surface area contributed by atoms with Crippen molar-refractivity contribution >= 4 is 52.9 Å². The monoisotopic (exact) mass is 369 g/mol. The van der Waals surface area contributed by atoms with Gasteiger partial charge in [0.1, 0.15) is 0 Å². The molecule has 3 rings (SSSR count). The summed E-state index contributed by atoms with van der Waals surface area (Å²) >= 11 is 1.51. The van der Waals surface area contributed by atoms with Crippen LogP contribution in [0.2, 0.25) is 0 Å². The molecule has 23 heavy (non-hydrogen) atoms. The van der Waals surface area contributed by atoms with Gasteiger partial charge >= 0.3 is 0 Å². The van der Waals surface area contributed by atoms with E-state index in [1.54, 1.807) is 0 Å². The van der Waals surface area contributed by atoms with Gasteiger partial charge in [0.05, 0.1) is 5.69 Å². The van der Waals surface area contributed by atoms with Crippen LogP contribution in [-0.2, 0) is 0 Å². The Kier molecular flexibility index (Phi) is 8.34. The maximum atomic E-state index is 5.72. The summed E-state index contributed by atoms with van der Waals surface area (Å²) in [5.74, 6) is 0. The van der Waals surface area contributed by atoms with Crippen LogP contribution < -0.4 is 5.73 Å². The molecule has 0 amide bonds. The van der Waals surface area contributed by atoms with Crippen molar-refractivity contribution in [3.8, 4) is 0 Å². The number of benzene rings is 1. The molecule has 0 aliphatic carbocycles. The molecule has 3 nitrogen and oxygen atoms in total. The molecular formula is C17H21Cl2N3S. The molecule has 0 bridgehead atoms. The number of rotatable bonds is 4. The first kappa shape index (κ1) is 19.7. The van der Waals surface area contributed by atoms with Crippen LogP contribution in [-0.4, -0.2) is 29.5 Å². The second-order valence-electron chi connectivity index (χ2n) is 5.14. The lowest BCUT2D eigenvalue weighted by Crippen LogP contribution is -2.29. The van der Waals surface area contributed by atoms with Gasteiger partial charge < -0.3 is 5.73 Å². The SMILES string of the molecule is Cl.Cl.Nc1nc(C2=CCCN(CC=Cc3ccccc3)C2)cs1. The first-order chi connectivity index (χ1) is 10.3. The van der Waals surface area contributed by atoms with Crippen molar-refractivity contribution < 1.29 is 0 Å². The molecule has 0 saturated carbocycles. The summed E-state index contributed by atoms with van der Waals surface area (Å²) in [6, 6.07) is 10.4. The molecule has 2 aromatic rings. The second kappa shape index (κ2) is 9.73. The van der Waals surface area contributed by atoms with E-state index in [2.05, 4.69) is 52.4 Å². The first-order valence-electron chi connectivity index (χ1n) is 7.15. The van der Waals surface area contributed by atoms with Gasteiger partial charge in [-0.05, 0) is 17.6 Å². The van der Waals surface area contributed by atoms with Crippen molar-refractivity contribution in [3.05, 3.63) is 59.1 Å². The Bertz CT molecular complexity index is 653. The zero-order chi connectivity index (χ0) is 14.5. The van der Waals surface area contributed by atoms with Crippen molar-refractivity contribution in [3.63, 3.8) is 0 Å². The van der Waals surface area contributed by atoms with Crippen LogP contribution in [0.15, 0.2) is 47.9 Å². The third kappa shape index (κ3) is 5.66. The highest BCUT2D eigenvalue weighted by atomic mass is 35.5. The van der Waals surface area contributed by atoms with E-state index in [-0.39, 0.29) is 24.8 Å². The average Bonchev–Trinajstić information content (AvgIpc) is 2.95. The van der Waals surface area contributed by atoms with Gasteiger partial charge in [-0.25, -0.2) is 4.98 Å². The fraction of sp³-hybridized carbons (Fsp3) is 0.235. The van der Waals surface area contributed by atoms with Gasteiger partial charge in [-0.15, -0.1) is 36.2 Å². The topological polar surface area (TPSA) is 42.1 Å². The number of hydrogen-bond donors (Lipinski definition) is 1. The fourth-order valence-corrected chi connectivity index (χ4v) is 3.07. The molecule has 1 aromatic heterocycles. The summed E-state index contributed by atoms with van der Waals surface area (Å²) in [6.45, 7) is 3.01. The van der Waals surface area contributed by atoms with E-state index < -0.39 is 0 Å². The maximum absolute atomic E-state index is 5.72. The normalized spacial score (nSPS) is 14.9. The number of nitrogens with two attached hydrogens (primary N) is 1. The lowest BCUT2D eigenvalue weighted by atomic mass is 10.1. The van der Waals surface area contributed by atoms with Gasteiger partial charge in [-0.3, -0.25) is 4.90 Å². The standard InChI is InChI=1S/C17H19N3S.2ClH/c18-17-19-16(13-21-17)15-9-5-11-20(12-15)10-4-8-14-6-2-1-3-7-14;;/h1-4,6-9,13H,5,10-12H2,(H2,18,19);2*1H. The number of aromatic nitrogens is 1. The van der Waals surface area contributed by atoms with Gasteiger partial charge in [0.15, 0.2) is 5.13 Å². The highest BCUT2D eigenvalue weighted by molar-refractivity contribution is 7.13. The predicted octanol–water partition coefficient (Wildman–Crippen LogP) is 4.37. The zero-order valence-corrected chi connectivity index (χ0v) is 15.2. The zero-order valence-electron chi connectivity index (χ0n) is 12.7. The number of anilines is 1. The third-order valence-corrected chi connectivity index (χ3v) is 4.23. The summed E-state index contributed by atoms with van der Waals surface area (Å²) in [4.78, 5) is 6.81. The molecule has 1 aliphatic rings. The highest BCUT2D eigenvalue weighted by Crippen LogP contribution is 2.23. The molecule has 0 atom stereocenters. The second-order valence-corrected chi connectivity index (χ2v) is 6.03. The Morgan fingerprint density at radius 3 is 2.70 bits per heavy atom. The van der Waals surface area contributed by atoms with E-state index in [4.69, 9.17) is 5.73 Å². The van der Waals surface area contributed by atoms with Crippen LogP contribution in [0, 0.1) is 0 Å². The largest absolute Gasteiger partial charge is 0.375 e. The molecule has 2 heterocycles. The van der Waals surface area contributed by atoms with E-state index in [9.17, 15) is 0 Å². The molecule has 1 aliphatic heterocycles. The first-order valence-corrected chi connectivity index (χ1v) is 8.03. The highest BCUT2D eigenvalue weighted by Gasteiger charge is 2.14. The smallest absolute Gasteiger partial charge is 0.180 e. The quantitative estimate of drug-likeness (QED) is 0.869. The van der Waals surface area contributed by atoms with Gasteiger partial charge in [-0.1, -0.05) is 48.6 Å². The minimum atomic E-state index is 0. The molecule has 0 fully saturated rings.